The quantitative estimate of drug-likeness (QED) is 0.816. The van der Waals surface area contributed by atoms with Crippen LogP contribution in [0.4, 0.5) is 0 Å². The first-order valence-electron chi connectivity index (χ1n) is 5.57. The van der Waals surface area contributed by atoms with Crippen LogP contribution in [-0.4, -0.2) is 37.1 Å². The zero-order chi connectivity index (χ0) is 12.9. The van der Waals surface area contributed by atoms with Crippen LogP contribution in [0.2, 0.25) is 0 Å². The van der Waals surface area contributed by atoms with E-state index in [-0.39, 0.29) is 5.75 Å². The molecule has 0 amide bonds. The summed E-state index contributed by atoms with van der Waals surface area (Å²) >= 11 is 0. The van der Waals surface area contributed by atoms with Gasteiger partial charge in [0.15, 0.2) is 0 Å². The first-order chi connectivity index (χ1) is 7.97. The van der Waals surface area contributed by atoms with Crippen molar-refractivity contribution in [2.45, 2.75) is 19.4 Å². The lowest BCUT2D eigenvalue weighted by Crippen LogP contribution is -2.34. The molecule has 1 aromatic heterocycles. The zero-order valence-corrected chi connectivity index (χ0v) is 11.0. The smallest absolute Gasteiger partial charge is 0.215 e. The van der Waals surface area contributed by atoms with Crippen LogP contribution in [0.1, 0.15) is 24.9 Å². The van der Waals surface area contributed by atoms with E-state index in [9.17, 15) is 8.42 Å². The monoisotopic (exact) mass is 257 g/mol. The highest BCUT2D eigenvalue weighted by molar-refractivity contribution is 7.89. The van der Waals surface area contributed by atoms with E-state index in [4.69, 9.17) is 5.73 Å². The van der Waals surface area contributed by atoms with E-state index >= 15 is 0 Å². The van der Waals surface area contributed by atoms with Crippen LogP contribution < -0.4 is 5.73 Å². The van der Waals surface area contributed by atoms with Crippen LogP contribution in [0, 0.1) is 0 Å². The van der Waals surface area contributed by atoms with Crippen molar-refractivity contribution >= 4 is 10.0 Å². The summed E-state index contributed by atoms with van der Waals surface area (Å²) < 4.78 is 25.2. The molecule has 2 N–H and O–H groups in total. The molecule has 0 radical (unpaired) electrons. The SMILES string of the molecule is CCCN(C)S(=O)(=O)CC(N)c1ccncc1. The van der Waals surface area contributed by atoms with E-state index < -0.39 is 16.1 Å². The van der Waals surface area contributed by atoms with Crippen molar-refractivity contribution in [3.05, 3.63) is 30.1 Å². The molecule has 17 heavy (non-hydrogen) atoms. The number of pyridine rings is 1. The molecule has 0 aromatic carbocycles. The van der Waals surface area contributed by atoms with Gasteiger partial charge in [0.25, 0.3) is 0 Å². The van der Waals surface area contributed by atoms with Gasteiger partial charge in [-0.05, 0) is 24.1 Å². The molecular weight excluding hydrogens is 238 g/mol. The summed E-state index contributed by atoms with van der Waals surface area (Å²) in [4.78, 5) is 3.87. The Balaban J connectivity index is 2.71. The van der Waals surface area contributed by atoms with Gasteiger partial charge in [0.1, 0.15) is 0 Å². The van der Waals surface area contributed by atoms with Gasteiger partial charge in [-0.1, -0.05) is 6.92 Å². The lowest BCUT2D eigenvalue weighted by atomic mass is 10.1. The van der Waals surface area contributed by atoms with Crippen molar-refractivity contribution in [2.75, 3.05) is 19.3 Å². The third-order valence-electron chi connectivity index (χ3n) is 2.54. The van der Waals surface area contributed by atoms with E-state index in [2.05, 4.69) is 4.98 Å². The van der Waals surface area contributed by atoms with E-state index in [1.165, 1.54) is 4.31 Å². The normalized spacial score (nSPS) is 13.9. The Kier molecular flexibility index (Phi) is 5.04. The van der Waals surface area contributed by atoms with Crippen LogP contribution in [0.25, 0.3) is 0 Å². The topological polar surface area (TPSA) is 76.3 Å². The van der Waals surface area contributed by atoms with Crippen molar-refractivity contribution in [3.8, 4) is 0 Å². The molecule has 0 spiro atoms. The maximum atomic E-state index is 11.9. The molecule has 0 aliphatic rings. The van der Waals surface area contributed by atoms with Crippen molar-refractivity contribution in [2.24, 2.45) is 5.73 Å². The molecule has 5 nitrogen and oxygen atoms in total. The molecule has 0 bridgehead atoms. The predicted molar refractivity (Wildman–Crippen MR) is 67.9 cm³/mol. The fourth-order valence-electron chi connectivity index (χ4n) is 1.51. The van der Waals surface area contributed by atoms with Crippen LogP contribution in [0.5, 0.6) is 0 Å². The lowest BCUT2D eigenvalue weighted by molar-refractivity contribution is 0.464. The van der Waals surface area contributed by atoms with Crippen molar-refractivity contribution < 1.29 is 8.42 Å². The van der Waals surface area contributed by atoms with Crippen molar-refractivity contribution in [1.29, 1.82) is 0 Å². The molecule has 6 heteroatoms. The second-order valence-electron chi connectivity index (χ2n) is 3.99. The molecule has 1 heterocycles. The summed E-state index contributed by atoms with van der Waals surface area (Å²) in [6.45, 7) is 2.46. The van der Waals surface area contributed by atoms with Crippen molar-refractivity contribution in [1.82, 2.24) is 9.29 Å². The number of rotatable bonds is 6. The molecule has 1 unspecified atom stereocenters. The van der Waals surface area contributed by atoms with Gasteiger partial charge in [-0.2, -0.15) is 0 Å². The maximum Gasteiger partial charge on any atom is 0.215 e. The Morgan fingerprint density at radius 1 is 1.41 bits per heavy atom. The van der Waals surface area contributed by atoms with Crippen LogP contribution in [0.15, 0.2) is 24.5 Å². The van der Waals surface area contributed by atoms with Gasteiger partial charge in [0.2, 0.25) is 10.0 Å². The Hall–Kier alpha value is -0.980. The summed E-state index contributed by atoms with van der Waals surface area (Å²) in [6.07, 6.45) is 4.01. The van der Waals surface area contributed by atoms with E-state index in [0.717, 1.165) is 12.0 Å². The van der Waals surface area contributed by atoms with Gasteiger partial charge < -0.3 is 5.73 Å². The molecule has 1 atom stereocenters. The molecule has 0 aliphatic heterocycles. The van der Waals surface area contributed by atoms with Crippen LogP contribution >= 0.6 is 0 Å². The van der Waals surface area contributed by atoms with E-state index in [1.807, 2.05) is 6.92 Å². The Labute approximate surface area is 103 Å². The Morgan fingerprint density at radius 3 is 2.53 bits per heavy atom. The highest BCUT2D eigenvalue weighted by Gasteiger charge is 2.21. The minimum absolute atomic E-state index is 0.0759. The third-order valence-corrected chi connectivity index (χ3v) is 4.45. The highest BCUT2D eigenvalue weighted by atomic mass is 32.2. The summed E-state index contributed by atoms with van der Waals surface area (Å²) in [7, 11) is -1.70. The summed E-state index contributed by atoms with van der Waals surface area (Å²) in [6, 6.07) is 2.96. The largest absolute Gasteiger partial charge is 0.323 e. The van der Waals surface area contributed by atoms with Gasteiger partial charge in [-0.3, -0.25) is 4.98 Å². The molecule has 0 saturated carbocycles. The van der Waals surface area contributed by atoms with Gasteiger partial charge >= 0.3 is 0 Å². The maximum absolute atomic E-state index is 11.9. The molecule has 1 rings (SSSR count). The minimum atomic E-state index is -3.28. The fourth-order valence-corrected chi connectivity index (χ4v) is 2.88. The van der Waals surface area contributed by atoms with E-state index in [1.54, 1.807) is 31.6 Å². The van der Waals surface area contributed by atoms with Gasteiger partial charge in [-0.15, -0.1) is 0 Å². The predicted octanol–water partition coefficient (Wildman–Crippen LogP) is 0.753. The Morgan fingerprint density at radius 2 is 2.00 bits per heavy atom. The average molecular weight is 257 g/mol. The molecule has 0 fully saturated rings. The molecule has 0 aliphatic carbocycles. The lowest BCUT2D eigenvalue weighted by Gasteiger charge is -2.19. The number of nitrogens with zero attached hydrogens (tertiary/aromatic N) is 2. The molecule has 0 saturated heterocycles. The summed E-state index contributed by atoms with van der Waals surface area (Å²) in [5, 5.41) is 0. The zero-order valence-electron chi connectivity index (χ0n) is 10.2. The molecule has 1 aromatic rings. The first-order valence-corrected chi connectivity index (χ1v) is 7.17. The van der Waals surface area contributed by atoms with Crippen LogP contribution in [-0.2, 0) is 10.0 Å². The standard InChI is InChI=1S/C11H19N3O2S/c1-3-8-14(2)17(15,16)9-11(12)10-4-6-13-7-5-10/h4-7,11H,3,8-9,12H2,1-2H3. The number of sulfonamides is 1. The van der Waals surface area contributed by atoms with Gasteiger partial charge in [0, 0.05) is 32.0 Å². The fraction of sp³-hybridized carbons (Fsp3) is 0.545. The number of nitrogens with two attached hydrogens (primary N) is 1. The van der Waals surface area contributed by atoms with Gasteiger partial charge in [-0.25, -0.2) is 12.7 Å². The molecular formula is C11H19N3O2S. The summed E-state index contributed by atoms with van der Waals surface area (Å²) in [5.74, 6) is -0.0759. The number of hydrogen-bond donors (Lipinski definition) is 1. The third kappa shape index (κ3) is 4.07. The van der Waals surface area contributed by atoms with Gasteiger partial charge in [0.05, 0.1) is 5.75 Å². The summed E-state index contributed by atoms with van der Waals surface area (Å²) in [5.41, 5.74) is 6.67. The highest BCUT2D eigenvalue weighted by Crippen LogP contribution is 2.13. The second kappa shape index (κ2) is 6.09. The minimum Gasteiger partial charge on any atom is -0.323 e. The number of hydrogen-bond acceptors (Lipinski definition) is 4. The van der Waals surface area contributed by atoms with E-state index in [0.29, 0.717) is 6.54 Å². The average Bonchev–Trinajstić information content (AvgIpc) is 2.30. The van der Waals surface area contributed by atoms with Crippen LogP contribution in [0.3, 0.4) is 0 Å². The second-order valence-corrected chi connectivity index (χ2v) is 6.11. The number of aromatic nitrogens is 1. The Bertz CT molecular complexity index is 433. The van der Waals surface area contributed by atoms with Crippen molar-refractivity contribution in [3.63, 3.8) is 0 Å². The molecule has 96 valence electrons. The first kappa shape index (κ1) is 14.1.